The molecule has 0 spiro atoms. The Bertz CT molecular complexity index is 1580. The molecule has 0 unspecified atom stereocenters. The molecule has 0 atom stereocenters. The van der Waals surface area contributed by atoms with E-state index in [4.69, 9.17) is 19.7 Å². The number of piperidine rings is 1. The van der Waals surface area contributed by atoms with Crippen LogP contribution < -0.4 is 9.64 Å². The van der Waals surface area contributed by atoms with Crippen molar-refractivity contribution in [3.63, 3.8) is 0 Å². The van der Waals surface area contributed by atoms with Crippen molar-refractivity contribution in [3.05, 3.63) is 94.1 Å². The standard InChI is InChI=1S/C37H43N5O/c1-6-8-35(41-27(3)22-29-13-16-34(43-5)26(2)21-29)37(4)17-19-42(20-18-37)36-32-23-31(9-7-10-33(32)39-25-40-36)30-14-11-28(24-38)12-15-30/h8,11-16,21,23,25H,6-7,9-10,17-20,22H2,1-5H3/b35-8+,41-27?. The van der Waals surface area contributed by atoms with Gasteiger partial charge in [-0.15, -0.1) is 0 Å². The van der Waals surface area contributed by atoms with Gasteiger partial charge in [0.15, 0.2) is 0 Å². The third-order valence-corrected chi connectivity index (χ3v) is 8.92. The highest BCUT2D eigenvalue weighted by atomic mass is 16.5. The van der Waals surface area contributed by atoms with Gasteiger partial charge in [-0.1, -0.05) is 44.2 Å². The van der Waals surface area contributed by atoms with Crippen LogP contribution in [0, 0.1) is 23.7 Å². The van der Waals surface area contributed by atoms with Gasteiger partial charge in [0.1, 0.15) is 17.9 Å². The van der Waals surface area contributed by atoms with Crippen LogP contribution in [0.25, 0.3) is 11.6 Å². The number of anilines is 1. The lowest BCUT2D eigenvalue weighted by molar-refractivity contribution is 0.300. The summed E-state index contributed by atoms with van der Waals surface area (Å²) in [7, 11) is 1.72. The number of hydrogen-bond donors (Lipinski definition) is 0. The second kappa shape index (κ2) is 13.4. The van der Waals surface area contributed by atoms with E-state index in [0.717, 1.165) is 92.1 Å². The van der Waals surface area contributed by atoms with Gasteiger partial charge in [0.2, 0.25) is 0 Å². The van der Waals surface area contributed by atoms with Crippen LogP contribution in [-0.2, 0) is 12.8 Å². The maximum atomic E-state index is 9.22. The number of hydrogen-bond acceptors (Lipinski definition) is 6. The average Bonchev–Trinajstić information content (AvgIpc) is 3.24. The van der Waals surface area contributed by atoms with E-state index in [-0.39, 0.29) is 5.41 Å². The van der Waals surface area contributed by atoms with Crippen molar-refractivity contribution in [1.29, 1.82) is 5.26 Å². The van der Waals surface area contributed by atoms with Gasteiger partial charge in [0.25, 0.3) is 0 Å². The molecule has 0 radical (unpaired) electrons. The highest BCUT2D eigenvalue weighted by Gasteiger charge is 2.35. The summed E-state index contributed by atoms with van der Waals surface area (Å²) in [5, 5.41) is 9.22. The highest BCUT2D eigenvalue weighted by molar-refractivity contribution is 5.86. The van der Waals surface area contributed by atoms with Gasteiger partial charge in [-0.3, -0.25) is 4.99 Å². The molecule has 1 aliphatic heterocycles. The third kappa shape index (κ3) is 6.88. The minimum atomic E-state index is 0.0110. The number of aromatic nitrogens is 2. The Morgan fingerprint density at radius 2 is 1.88 bits per heavy atom. The molecule has 0 N–H and O–H groups in total. The molecule has 0 saturated carbocycles. The Kier molecular flexibility index (Phi) is 9.40. The van der Waals surface area contributed by atoms with Crippen LogP contribution in [0.15, 0.2) is 65.6 Å². The molecule has 1 saturated heterocycles. The molecule has 1 fully saturated rings. The van der Waals surface area contributed by atoms with Crippen molar-refractivity contribution in [2.24, 2.45) is 10.4 Å². The number of benzene rings is 2. The van der Waals surface area contributed by atoms with E-state index in [1.165, 1.54) is 22.4 Å². The summed E-state index contributed by atoms with van der Waals surface area (Å²) >= 11 is 0. The van der Waals surface area contributed by atoms with Gasteiger partial charge >= 0.3 is 0 Å². The zero-order valence-corrected chi connectivity index (χ0v) is 26.3. The minimum Gasteiger partial charge on any atom is -0.496 e. The summed E-state index contributed by atoms with van der Waals surface area (Å²) in [6, 6.07) is 16.5. The maximum Gasteiger partial charge on any atom is 0.139 e. The second-order valence-corrected chi connectivity index (χ2v) is 12.1. The van der Waals surface area contributed by atoms with Gasteiger partial charge in [-0.2, -0.15) is 5.26 Å². The predicted octanol–water partition coefficient (Wildman–Crippen LogP) is 8.15. The van der Waals surface area contributed by atoms with Crippen molar-refractivity contribution in [3.8, 4) is 11.8 Å². The monoisotopic (exact) mass is 573 g/mol. The average molecular weight is 574 g/mol. The SMILES string of the molecule is CC/C=C(/N=C(C)Cc1ccc(OC)c(C)c1)C1(C)CCN(c2ncnc3c2C=C(c2ccc(C#N)cc2)CCC3)CC1. The Morgan fingerprint density at radius 3 is 2.56 bits per heavy atom. The first-order valence-electron chi connectivity index (χ1n) is 15.5. The van der Waals surface area contributed by atoms with Gasteiger partial charge in [-0.05, 0) is 98.9 Å². The zero-order valence-electron chi connectivity index (χ0n) is 26.3. The van der Waals surface area contributed by atoms with Crippen molar-refractivity contribution >= 4 is 23.2 Å². The fourth-order valence-corrected chi connectivity index (χ4v) is 6.38. The number of methoxy groups -OCH3 is 1. The molecule has 2 heterocycles. The molecule has 5 rings (SSSR count). The molecular formula is C37H43N5O. The van der Waals surface area contributed by atoms with Crippen LogP contribution in [0.3, 0.4) is 0 Å². The molecule has 0 bridgehead atoms. The van der Waals surface area contributed by atoms with Crippen LogP contribution in [0.5, 0.6) is 5.75 Å². The molecule has 1 aliphatic carbocycles. The van der Waals surface area contributed by atoms with E-state index in [1.807, 2.05) is 18.2 Å². The lowest BCUT2D eigenvalue weighted by atomic mass is 9.77. The number of nitrogens with zero attached hydrogens (tertiary/aromatic N) is 5. The van der Waals surface area contributed by atoms with E-state index >= 15 is 0 Å². The van der Waals surface area contributed by atoms with Crippen molar-refractivity contribution in [2.75, 3.05) is 25.1 Å². The van der Waals surface area contributed by atoms with E-state index in [9.17, 15) is 5.26 Å². The number of aliphatic imine (C=N–C) groups is 1. The molecule has 2 aromatic carbocycles. The number of nitriles is 1. The van der Waals surface area contributed by atoms with E-state index < -0.39 is 0 Å². The summed E-state index contributed by atoms with van der Waals surface area (Å²) in [6.45, 7) is 10.7. The first-order valence-corrected chi connectivity index (χ1v) is 15.5. The van der Waals surface area contributed by atoms with Gasteiger partial charge in [0.05, 0.1) is 24.4 Å². The van der Waals surface area contributed by atoms with Crippen LogP contribution >= 0.6 is 0 Å². The fourth-order valence-electron chi connectivity index (χ4n) is 6.38. The molecule has 43 heavy (non-hydrogen) atoms. The third-order valence-electron chi connectivity index (χ3n) is 8.92. The summed E-state index contributed by atoms with van der Waals surface area (Å²) < 4.78 is 5.44. The minimum absolute atomic E-state index is 0.0110. The molecule has 1 aromatic heterocycles. The number of rotatable bonds is 8. The zero-order chi connectivity index (χ0) is 30.4. The Morgan fingerprint density at radius 1 is 1.12 bits per heavy atom. The summed E-state index contributed by atoms with van der Waals surface area (Å²) in [5.41, 5.74) is 10.2. The molecule has 0 amide bonds. The molecule has 6 nitrogen and oxygen atoms in total. The number of fused-ring (bicyclic) bond motifs is 1. The first kappa shape index (κ1) is 30.2. The number of allylic oxidation sites excluding steroid dienone is 3. The predicted molar refractivity (Wildman–Crippen MR) is 176 cm³/mol. The smallest absolute Gasteiger partial charge is 0.139 e. The van der Waals surface area contributed by atoms with Crippen molar-refractivity contribution in [1.82, 2.24) is 9.97 Å². The maximum absolute atomic E-state index is 9.22. The van der Waals surface area contributed by atoms with Gasteiger partial charge in [-0.25, -0.2) is 9.97 Å². The normalized spacial score (nSPS) is 17.0. The van der Waals surface area contributed by atoms with E-state index in [2.05, 4.69) is 75.1 Å². The highest BCUT2D eigenvalue weighted by Crippen LogP contribution is 2.42. The lowest BCUT2D eigenvalue weighted by Crippen LogP contribution is -2.40. The first-order chi connectivity index (χ1) is 20.8. The van der Waals surface area contributed by atoms with Gasteiger partial charge in [0, 0.05) is 41.9 Å². The van der Waals surface area contributed by atoms with Gasteiger partial charge < -0.3 is 9.64 Å². The van der Waals surface area contributed by atoms with Crippen LogP contribution in [0.1, 0.15) is 86.4 Å². The quantitative estimate of drug-likeness (QED) is 0.254. The van der Waals surface area contributed by atoms with E-state index in [1.54, 1.807) is 13.4 Å². The molecular weight excluding hydrogens is 530 g/mol. The van der Waals surface area contributed by atoms with Crippen molar-refractivity contribution < 1.29 is 4.74 Å². The van der Waals surface area contributed by atoms with Crippen LogP contribution in [0.4, 0.5) is 5.82 Å². The largest absolute Gasteiger partial charge is 0.496 e. The second-order valence-electron chi connectivity index (χ2n) is 12.1. The van der Waals surface area contributed by atoms with Crippen molar-refractivity contribution in [2.45, 2.75) is 72.6 Å². The Hall–Kier alpha value is -4.24. The Labute approximate surface area is 256 Å². The summed E-state index contributed by atoms with van der Waals surface area (Å²) in [6.07, 6.45) is 13.2. The summed E-state index contributed by atoms with van der Waals surface area (Å²) in [4.78, 5) is 17.2. The van der Waals surface area contributed by atoms with Crippen LogP contribution in [0.2, 0.25) is 0 Å². The number of aryl methyl sites for hydroxylation is 2. The topological polar surface area (TPSA) is 74.4 Å². The molecule has 2 aliphatic rings. The lowest BCUT2D eigenvalue weighted by Gasteiger charge is -2.41. The number of ether oxygens (including phenoxy) is 1. The Balaban J connectivity index is 1.35. The summed E-state index contributed by atoms with van der Waals surface area (Å²) in [5.74, 6) is 1.96. The fraction of sp³-hybridized carbons (Fsp3) is 0.405. The molecule has 6 heteroatoms. The molecule has 3 aromatic rings. The molecule has 222 valence electrons. The van der Waals surface area contributed by atoms with Crippen LogP contribution in [-0.4, -0.2) is 35.9 Å². The van der Waals surface area contributed by atoms with E-state index in [0.29, 0.717) is 5.56 Å².